The lowest BCUT2D eigenvalue weighted by Crippen LogP contribution is -2.46. The Labute approximate surface area is 118 Å². The maximum absolute atomic E-state index is 12.6. The van der Waals surface area contributed by atoms with Crippen molar-refractivity contribution in [2.45, 2.75) is 13.3 Å². The van der Waals surface area contributed by atoms with Gasteiger partial charge < -0.3 is 10.2 Å². The zero-order valence-corrected chi connectivity index (χ0v) is 12.2. The van der Waals surface area contributed by atoms with E-state index in [9.17, 15) is 4.79 Å². The first-order valence-electron chi connectivity index (χ1n) is 6.33. The van der Waals surface area contributed by atoms with Gasteiger partial charge in [-0.1, -0.05) is 6.92 Å². The summed E-state index contributed by atoms with van der Waals surface area (Å²) in [5, 5.41) is 6.15. The Bertz CT molecular complexity index is 657. The lowest BCUT2D eigenvalue weighted by molar-refractivity contribution is 0.583. The van der Waals surface area contributed by atoms with Crippen LogP contribution in [-0.2, 0) is 6.42 Å². The van der Waals surface area contributed by atoms with Crippen LogP contribution in [0.3, 0.4) is 0 Å². The molecule has 0 amide bonds. The van der Waals surface area contributed by atoms with Crippen molar-refractivity contribution in [3.8, 4) is 0 Å². The van der Waals surface area contributed by atoms with Crippen molar-refractivity contribution in [2.75, 3.05) is 31.1 Å². The normalized spacial score (nSPS) is 16.2. The van der Waals surface area contributed by atoms with Crippen molar-refractivity contribution in [1.29, 1.82) is 0 Å². The highest BCUT2D eigenvalue weighted by molar-refractivity contribution is 9.10. The van der Waals surface area contributed by atoms with Crippen molar-refractivity contribution in [1.82, 2.24) is 24.9 Å². The molecule has 102 valence electrons. The van der Waals surface area contributed by atoms with Crippen LogP contribution in [0.25, 0.3) is 5.78 Å². The molecule has 8 heteroatoms. The third-order valence-electron chi connectivity index (χ3n) is 3.28. The van der Waals surface area contributed by atoms with Crippen molar-refractivity contribution in [2.24, 2.45) is 0 Å². The molecule has 0 radical (unpaired) electrons. The van der Waals surface area contributed by atoms with Gasteiger partial charge in [0.15, 0.2) is 4.73 Å². The van der Waals surface area contributed by atoms with Crippen LogP contribution >= 0.6 is 15.9 Å². The van der Waals surface area contributed by atoms with E-state index in [1.54, 1.807) is 0 Å². The van der Waals surface area contributed by atoms with Gasteiger partial charge in [-0.15, -0.1) is 0 Å². The molecule has 3 heterocycles. The van der Waals surface area contributed by atoms with Crippen LogP contribution in [0.5, 0.6) is 0 Å². The second-order valence-electron chi connectivity index (χ2n) is 4.45. The van der Waals surface area contributed by atoms with Crippen LogP contribution < -0.4 is 15.8 Å². The summed E-state index contributed by atoms with van der Waals surface area (Å²) in [6.45, 7) is 5.43. The van der Waals surface area contributed by atoms with Gasteiger partial charge in [0.05, 0.1) is 5.69 Å². The number of anilines is 1. The second kappa shape index (κ2) is 4.93. The third-order valence-corrected chi connectivity index (χ3v) is 3.64. The van der Waals surface area contributed by atoms with E-state index in [0.717, 1.165) is 38.3 Å². The van der Waals surface area contributed by atoms with E-state index in [0.29, 0.717) is 16.2 Å². The SMILES string of the molecule is CCc1nc2nc(Br)[nH]n2c(=O)c1N1CCNCC1. The molecule has 0 atom stereocenters. The van der Waals surface area contributed by atoms with E-state index in [1.165, 1.54) is 4.52 Å². The van der Waals surface area contributed by atoms with Gasteiger partial charge in [0.2, 0.25) is 0 Å². The van der Waals surface area contributed by atoms with Gasteiger partial charge in [-0.25, -0.2) is 4.98 Å². The zero-order chi connectivity index (χ0) is 13.4. The monoisotopic (exact) mass is 326 g/mol. The average molecular weight is 327 g/mol. The van der Waals surface area contributed by atoms with Crippen LogP contribution in [0.1, 0.15) is 12.6 Å². The summed E-state index contributed by atoms with van der Waals surface area (Å²) in [6.07, 6.45) is 0.718. The summed E-state index contributed by atoms with van der Waals surface area (Å²) in [6, 6.07) is 0. The van der Waals surface area contributed by atoms with Crippen LogP contribution in [0.4, 0.5) is 5.69 Å². The predicted octanol–water partition coefficient (Wildman–Crippen LogP) is 0.152. The lowest BCUT2D eigenvalue weighted by atomic mass is 10.2. The number of nitrogens with one attached hydrogen (secondary N) is 2. The minimum absolute atomic E-state index is 0.0815. The van der Waals surface area contributed by atoms with E-state index in [4.69, 9.17) is 0 Å². The molecule has 1 aliphatic heterocycles. The number of aryl methyl sites for hydroxylation is 1. The minimum atomic E-state index is -0.0815. The van der Waals surface area contributed by atoms with Crippen molar-refractivity contribution >= 4 is 27.4 Å². The summed E-state index contributed by atoms with van der Waals surface area (Å²) in [5.74, 6) is 0.410. The molecular formula is C11H15BrN6O. The number of halogens is 1. The zero-order valence-electron chi connectivity index (χ0n) is 10.6. The number of hydrogen-bond donors (Lipinski definition) is 2. The van der Waals surface area contributed by atoms with E-state index >= 15 is 0 Å². The summed E-state index contributed by atoms with van der Waals surface area (Å²) in [4.78, 5) is 23.3. The Morgan fingerprint density at radius 2 is 2.05 bits per heavy atom. The van der Waals surface area contributed by atoms with Gasteiger partial charge in [0.25, 0.3) is 11.3 Å². The number of fused-ring (bicyclic) bond motifs is 1. The highest BCUT2D eigenvalue weighted by atomic mass is 79.9. The van der Waals surface area contributed by atoms with Crippen LogP contribution in [0.2, 0.25) is 0 Å². The Hall–Kier alpha value is -1.41. The molecule has 1 aliphatic rings. The van der Waals surface area contributed by atoms with E-state index in [1.807, 2.05) is 6.92 Å². The molecule has 0 aromatic carbocycles. The fourth-order valence-electron chi connectivity index (χ4n) is 2.38. The Balaban J connectivity index is 2.20. The molecule has 2 aromatic heterocycles. The molecule has 7 nitrogen and oxygen atoms in total. The number of H-pyrrole nitrogens is 1. The van der Waals surface area contributed by atoms with Gasteiger partial charge >= 0.3 is 0 Å². The molecule has 0 unspecified atom stereocenters. The van der Waals surface area contributed by atoms with Crippen LogP contribution in [0.15, 0.2) is 9.53 Å². The van der Waals surface area contributed by atoms with Gasteiger partial charge in [-0.2, -0.15) is 9.50 Å². The Kier molecular flexibility index (Phi) is 3.28. The maximum Gasteiger partial charge on any atom is 0.297 e. The summed E-state index contributed by atoms with van der Waals surface area (Å²) in [7, 11) is 0. The van der Waals surface area contributed by atoms with Gasteiger partial charge in [-0.05, 0) is 22.4 Å². The number of hydrogen-bond acceptors (Lipinski definition) is 5. The fourth-order valence-corrected chi connectivity index (χ4v) is 2.71. The third kappa shape index (κ3) is 2.14. The number of piperazine rings is 1. The maximum atomic E-state index is 12.6. The molecule has 0 aliphatic carbocycles. The molecule has 0 saturated carbocycles. The highest BCUT2D eigenvalue weighted by Crippen LogP contribution is 2.16. The van der Waals surface area contributed by atoms with Crippen molar-refractivity contribution in [3.63, 3.8) is 0 Å². The van der Waals surface area contributed by atoms with Gasteiger partial charge in [0.1, 0.15) is 5.69 Å². The molecular weight excluding hydrogens is 312 g/mol. The number of rotatable bonds is 2. The first kappa shape index (κ1) is 12.6. The Morgan fingerprint density at radius 1 is 1.32 bits per heavy atom. The number of aromatic nitrogens is 4. The smallest absolute Gasteiger partial charge is 0.297 e. The second-order valence-corrected chi connectivity index (χ2v) is 5.20. The van der Waals surface area contributed by atoms with Crippen LogP contribution in [-0.4, -0.2) is 45.8 Å². The summed E-state index contributed by atoms with van der Waals surface area (Å²) < 4.78 is 1.90. The lowest BCUT2D eigenvalue weighted by Gasteiger charge is -2.29. The largest absolute Gasteiger partial charge is 0.363 e. The quantitative estimate of drug-likeness (QED) is 0.821. The van der Waals surface area contributed by atoms with Gasteiger partial charge in [0, 0.05) is 26.2 Å². The topological polar surface area (TPSA) is 78.3 Å². The molecule has 2 aromatic rings. The van der Waals surface area contributed by atoms with E-state index in [-0.39, 0.29) is 5.56 Å². The Morgan fingerprint density at radius 3 is 2.74 bits per heavy atom. The first-order valence-corrected chi connectivity index (χ1v) is 7.13. The van der Waals surface area contributed by atoms with Crippen LogP contribution in [0, 0.1) is 0 Å². The molecule has 19 heavy (non-hydrogen) atoms. The fraction of sp³-hybridized carbons (Fsp3) is 0.545. The first-order chi connectivity index (χ1) is 9.20. The van der Waals surface area contributed by atoms with E-state index in [2.05, 4.69) is 41.2 Å². The molecule has 2 N–H and O–H groups in total. The minimum Gasteiger partial charge on any atom is -0.363 e. The standard InChI is InChI=1S/C11H15BrN6O/c1-2-7-8(17-5-3-13-4-6-17)9(19)18-11(14-7)15-10(12)16-18/h13H,2-6H2,1H3,(H,14,15,16). The molecule has 0 spiro atoms. The molecule has 1 saturated heterocycles. The summed E-state index contributed by atoms with van der Waals surface area (Å²) >= 11 is 3.24. The van der Waals surface area contributed by atoms with E-state index < -0.39 is 0 Å². The average Bonchev–Trinajstić information content (AvgIpc) is 2.80. The highest BCUT2D eigenvalue weighted by Gasteiger charge is 2.21. The van der Waals surface area contributed by atoms with Crippen molar-refractivity contribution in [3.05, 3.63) is 20.8 Å². The molecule has 3 rings (SSSR count). The number of nitrogens with zero attached hydrogens (tertiary/aromatic N) is 4. The van der Waals surface area contributed by atoms with Gasteiger partial charge in [-0.3, -0.25) is 9.89 Å². The number of aromatic amines is 1. The summed E-state index contributed by atoms with van der Waals surface area (Å²) in [5.41, 5.74) is 1.42. The molecule has 0 bridgehead atoms. The molecule has 1 fully saturated rings. The predicted molar refractivity (Wildman–Crippen MR) is 75.8 cm³/mol. The van der Waals surface area contributed by atoms with Crippen molar-refractivity contribution < 1.29 is 0 Å².